The third-order valence-electron chi connectivity index (χ3n) is 4.52. The van der Waals surface area contributed by atoms with Crippen molar-refractivity contribution in [3.63, 3.8) is 0 Å². The molecule has 28 heavy (non-hydrogen) atoms. The van der Waals surface area contributed by atoms with Crippen molar-refractivity contribution in [2.45, 2.75) is 25.3 Å². The van der Waals surface area contributed by atoms with Gasteiger partial charge in [-0.3, -0.25) is 9.59 Å². The number of ether oxygens (including phenoxy) is 2. The Labute approximate surface area is 164 Å². The molecule has 0 aliphatic heterocycles. The van der Waals surface area contributed by atoms with Gasteiger partial charge in [-0.15, -0.1) is 0 Å². The SMILES string of the molecule is COC(=O)[C@H](C[C@H](C)C(=O)OC)NC(=O)C(c1ccccc1)c1ccccc1. The summed E-state index contributed by atoms with van der Waals surface area (Å²) in [7, 11) is 2.53. The quantitative estimate of drug-likeness (QED) is 0.709. The summed E-state index contributed by atoms with van der Waals surface area (Å²) in [5.74, 6) is -2.57. The highest BCUT2D eigenvalue weighted by atomic mass is 16.5. The number of hydrogen-bond donors (Lipinski definition) is 1. The number of carbonyl (C=O) groups excluding carboxylic acids is 3. The van der Waals surface area contributed by atoms with Crippen molar-refractivity contribution in [1.29, 1.82) is 0 Å². The molecular weight excluding hydrogens is 358 g/mol. The second kappa shape index (κ2) is 10.3. The number of hydrogen-bond acceptors (Lipinski definition) is 5. The molecule has 1 amide bonds. The number of rotatable bonds is 8. The molecule has 2 aromatic carbocycles. The second-order valence-corrected chi connectivity index (χ2v) is 6.50. The van der Waals surface area contributed by atoms with E-state index in [1.165, 1.54) is 14.2 Å². The maximum Gasteiger partial charge on any atom is 0.328 e. The van der Waals surface area contributed by atoms with Crippen molar-refractivity contribution < 1.29 is 23.9 Å². The number of benzene rings is 2. The fourth-order valence-corrected chi connectivity index (χ4v) is 3.05. The predicted molar refractivity (Wildman–Crippen MR) is 104 cm³/mol. The van der Waals surface area contributed by atoms with Crippen LogP contribution in [0.4, 0.5) is 0 Å². The van der Waals surface area contributed by atoms with E-state index in [4.69, 9.17) is 9.47 Å². The summed E-state index contributed by atoms with van der Waals surface area (Å²) >= 11 is 0. The van der Waals surface area contributed by atoms with Gasteiger partial charge in [-0.2, -0.15) is 0 Å². The molecular formula is C22H25NO5. The van der Waals surface area contributed by atoms with Crippen LogP contribution in [0.2, 0.25) is 0 Å². The molecule has 0 saturated heterocycles. The van der Waals surface area contributed by atoms with Crippen LogP contribution in [0.15, 0.2) is 60.7 Å². The van der Waals surface area contributed by atoms with Crippen molar-refractivity contribution in [1.82, 2.24) is 5.32 Å². The minimum Gasteiger partial charge on any atom is -0.469 e. The second-order valence-electron chi connectivity index (χ2n) is 6.50. The molecule has 1 N–H and O–H groups in total. The first kappa shape index (κ1) is 21.2. The lowest BCUT2D eigenvalue weighted by molar-refractivity contribution is -0.149. The maximum absolute atomic E-state index is 13.2. The van der Waals surface area contributed by atoms with E-state index in [0.29, 0.717) is 0 Å². The Bertz CT molecular complexity index is 752. The largest absolute Gasteiger partial charge is 0.469 e. The van der Waals surface area contributed by atoms with Crippen LogP contribution in [0.1, 0.15) is 30.4 Å². The molecule has 6 heteroatoms. The standard InChI is InChI=1S/C22H25NO5/c1-15(21(25)27-2)14-18(22(26)28-3)23-20(24)19(16-10-6-4-7-11-16)17-12-8-5-9-13-17/h4-13,15,18-19H,14H2,1-3H3,(H,23,24)/t15-,18-/m0/s1. The number of amides is 1. The Morgan fingerprint density at radius 2 is 1.29 bits per heavy atom. The third kappa shape index (κ3) is 5.42. The Morgan fingerprint density at radius 1 is 0.821 bits per heavy atom. The summed E-state index contributed by atoms with van der Waals surface area (Å²) in [6.45, 7) is 1.64. The Kier molecular flexibility index (Phi) is 7.75. The van der Waals surface area contributed by atoms with Crippen molar-refractivity contribution in [3.05, 3.63) is 71.8 Å². The molecule has 0 aromatic heterocycles. The number of nitrogens with one attached hydrogen (secondary N) is 1. The van der Waals surface area contributed by atoms with Gasteiger partial charge in [0, 0.05) is 0 Å². The molecule has 148 valence electrons. The summed E-state index contributed by atoms with van der Waals surface area (Å²) in [6, 6.07) is 17.7. The average Bonchev–Trinajstić information content (AvgIpc) is 2.73. The highest BCUT2D eigenvalue weighted by molar-refractivity contribution is 5.91. The average molecular weight is 383 g/mol. The Morgan fingerprint density at radius 3 is 1.71 bits per heavy atom. The van der Waals surface area contributed by atoms with Crippen LogP contribution in [0.3, 0.4) is 0 Å². The highest BCUT2D eigenvalue weighted by Gasteiger charge is 2.31. The Hall–Kier alpha value is -3.15. The minimum absolute atomic E-state index is 0.0847. The van der Waals surface area contributed by atoms with Crippen molar-refractivity contribution in [3.8, 4) is 0 Å². The van der Waals surface area contributed by atoms with Gasteiger partial charge in [0.05, 0.1) is 26.1 Å². The first-order valence-corrected chi connectivity index (χ1v) is 9.03. The third-order valence-corrected chi connectivity index (χ3v) is 4.52. The molecule has 0 radical (unpaired) electrons. The van der Waals surface area contributed by atoms with Gasteiger partial charge in [0.1, 0.15) is 6.04 Å². The van der Waals surface area contributed by atoms with Gasteiger partial charge in [-0.1, -0.05) is 67.6 Å². The van der Waals surface area contributed by atoms with Gasteiger partial charge in [0.2, 0.25) is 5.91 Å². The summed E-state index contributed by atoms with van der Waals surface area (Å²) in [6.07, 6.45) is 0.0847. The fraction of sp³-hybridized carbons (Fsp3) is 0.318. The van der Waals surface area contributed by atoms with Crippen molar-refractivity contribution >= 4 is 17.8 Å². The molecule has 0 saturated carbocycles. The number of methoxy groups -OCH3 is 2. The lowest BCUT2D eigenvalue weighted by Crippen LogP contribution is -2.45. The normalized spacial score (nSPS) is 12.7. The van der Waals surface area contributed by atoms with E-state index in [1.54, 1.807) is 6.92 Å². The molecule has 0 aliphatic rings. The van der Waals surface area contributed by atoms with Crippen LogP contribution in [-0.4, -0.2) is 38.1 Å². The van der Waals surface area contributed by atoms with Gasteiger partial charge >= 0.3 is 11.9 Å². The molecule has 6 nitrogen and oxygen atoms in total. The van der Waals surface area contributed by atoms with E-state index in [2.05, 4.69) is 5.32 Å². The molecule has 0 heterocycles. The topological polar surface area (TPSA) is 81.7 Å². The van der Waals surface area contributed by atoms with E-state index >= 15 is 0 Å². The molecule has 0 fully saturated rings. The molecule has 0 aliphatic carbocycles. The fourth-order valence-electron chi connectivity index (χ4n) is 3.05. The molecule has 0 unspecified atom stereocenters. The van der Waals surface area contributed by atoms with E-state index < -0.39 is 29.8 Å². The van der Waals surface area contributed by atoms with Gasteiger partial charge in [-0.05, 0) is 17.5 Å². The monoisotopic (exact) mass is 383 g/mol. The smallest absolute Gasteiger partial charge is 0.328 e. The summed E-state index contributed by atoms with van der Waals surface area (Å²) < 4.78 is 9.53. The highest BCUT2D eigenvalue weighted by Crippen LogP contribution is 2.25. The minimum atomic E-state index is -0.957. The van der Waals surface area contributed by atoms with Crippen molar-refractivity contribution in [2.24, 2.45) is 5.92 Å². The van der Waals surface area contributed by atoms with Crippen LogP contribution in [0.5, 0.6) is 0 Å². The lowest BCUT2D eigenvalue weighted by Gasteiger charge is -2.23. The lowest BCUT2D eigenvalue weighted by atomic mass is 9.90. The van der Waals surface area contributed by atoms with Gasteiger partial charge < -0.3 is 14.8 Å². The maximum atomic E-state index is 13.2. The van der Waals surface area contributed by atoms with Crippen molar-refractivity contribution in [2.75, 3.05) is 14.2 Å². The van der Waals surface area contributed by atoms with Gasteiger partial charge in [0.15, 0.2) is 0 Å². The molecule has 0 bridgehead atoms. The molecule has 2 rings (SSSR count). The summed E-state index contributed by atoms with van der Waals surface area (Å²) in [5.41, 5.74) is 1.60. The number of carbonyl (C=O) groups is 3. The van der Waals surface area contributed by atoms with Crippen LogP contribution in [-0.2, 0) is 23.9 Å². The van der Waals surface area contributed by atoms with Crippen LogP contribution >= 0.6 is 0 Å². The Balaban J connectivity index is 2.29. The van der Waals surface area contributed by atoms with E-state index in [0.717, 1.165) is 11.1 Å². The van der Waals surface area contributed by atoms with Crippen LogP contribution < -0.4 is 5.32 Å². The van der Waals surface area contributed by atoms with Gasteiger partial charge in [-0.25, -0.2) is 4.79 Å². The molecule has 2 aromatic rings. The van der Waals surface area contributed by atoms with Crippen LogP contribution in [0, 0.1) is 5.92 Å². The summed E-state index contributed by atoms with van der Waals surface area (Å²) in [4.78, 5) is 37.1. The zero-order valence-corrected chi connectivity index (χ0v) is 16.3. The van der Waals surface area contributed by atoms with Crippen LogP contribution in [0.25, 0.3) is 0 Å². The molecule has 2 atom stereocenters. The van der Waals surface area contributed by atoms with E-state index in [1.807, 2.05) is 60.7 Å². The van der Waals surface area contributed by atoms with E-state index in [9.17, 15) is 14.4 Å². The van der Waals surface area contributed by atoms with Gasteiger partial charge in [0.25, 0.3) is 0 Å². The van der Waals surface area contributed by atoms with E-state index in [-0.39, 0.29) is 12.3 Å². The zero-order chi connectivity index (χ0) is 20.5. The number of esters is 2. The summed E-state index contributed by atoms with van der Waals surface area (Å²) in [5, 5.41) is 2.75. The molecule has 0 spiro atoms. The predicted octanol–water partition coefficient (Wildman–Crippen LogP) is 2.68. The first-order valence-electron chi connectivity index (χ1n) is 9.03. The zero-order valence-electron chi connectivity index (χ0n) is 16.3. The first-order chi connectivity index (χ1) is 13.5.